The van der Waals surface area contributed by atoms with E-state index in [1.807, 2.05) is 0 Å². The van der Waals surface area contributed by atoms with Crippen LogP contribution in [0, 0.1) is 5.41 Å². The maximum atomic E-state index is 3.48. The van der Waals surface area contributed by atoms with Gasteiger partial charge < -0.3 is 10.2 Å². The highest BCUT2D eigenvalue weighted by Crippen LogP contribution is 2.39. The molecule has 0 radical (unpaired) electrons. The van der Waals surface area contributed by atoms with E-state index in [0.717, 1.165) is 11.5 Å². The predicted octanol–water partition coefficient (Wildman–Crippen LogP) is 1.86. The predicted molar refractivity (Wildman–Crippen MR) is 60.5 cm³/mol. The lowest BCUT2D eigenvalue weighted by molar-refractivity contribution is 0.0582. The second kappa shape index (κ2) is 4.19. The summed E-state index contributed by atoms with van der Waals surface area (Å²) in [6, 6.07) is 0.745. The molecule has 0 aromatic carbocycles. The second-order valence-electron chi connectivity index (χ2n) is 5.38. The van der Waals surface area contributed by atoms with Gasteiger partial charge in [-0.2, -0.15) is 0 Å². The Morgan fingerprint density at radius 3 is 2.07 bits per heavy atom. The van der Waals surface area contributed by atoms with Crippen molar-refractivity contribution in [1.82, 2.24) is 10.2 Å². The molecule has 0 aromatic rings. The summed E-state index contributed by atoms with van der Waals surface area (Å²) in [5.41, 5.74) is 0.719. The number of rotatable bonds is 1. The molecule has 2 aliphatic heterocycles. The van der Waals surface area contributed by atoms with E-state index in [-0.39, 0.29) is 0 Å². The van der Waals surface area contributed by atoms with Gasteiger partial charge in [0.05, 0.1) is 0 Å². The van der Waals surface area contributed by atoms with E-state index in [4.69, 9.17) is 0 Å². The summed E-state index contributed by atoms with van der Waals surface area (Å²) in [6.45, 7) is 9.81. The van der Waals surface area contributed by atoms with Crippen LogP contribution in [0.5, 0.6) is 0 Å². The van der Waals surface area contributed by atoms with Gasteiger partial charge in [0.2, 0.25) is 0 Å². The average molecular weight is 196 g/mol. The summed E-state index contributed by atoms with van der Waals surface area (Å²) < 4.78 is 0. The van der Waals surface area contributed by atoms with Gasteiger partial charge in [0.25, 0.3) is 0 Å². The van der Waals surface area contributed by atoms with Crippen LogP contribution in [0.15, 0.2) is 0 Å². The quantitative estimate of drug-likeness (QED) is 0.688. The van der Waals surface area contributed by atoms with Crippen LogP contribution in [0.2, 0.25) is 0 Å². The Morgan fingerprint density at radius 1 is 1.00 bits per heavy atom. The lowest BCUT2D eigenvalue weighted by Gasteiger charge is -2.45. The molecule has 0 atom stereocenters. The third-order valence-corrected chi connectivity index (χ3v) is 4.25. The molecule has 2 fully saturated rings. The van der Waals surface area contributed by atoms with Crippen LogP contribution in [0.4, 0.5) is 0 Å². The largest absolute Gasteiger partial charge is 0.317 e. The van der Waals surface area contributed by atoms with E-state index in [1.54, 1.807) is 0 Å². The molecule has 0 aromatic heterocycles. The Balaban J connectivity index is 1.87. The minimum Gasteiger partial charge on any atom is -0.317 e. The lowest BCUT2D eigenvalue weighted by atomic mass is 9.71. The zero-order chi connectivity index (χ0) is 10.0. The molecule has 2 heteroatoms. The minimum atomic E-state index is 0.719. The Morgan fingerprint density at radius 2 is 1.57 bits per heavy atom. The first kappa shape index (κ1) is 10.4. The third kappa shape index (κ3) is 2.12. The molecule has 2 aliphatic rings. The summed E-state index contributed by atoms with van der Waals surface area (Å²) in [6.07, 6.45) is 5.71. The Labute approximate surface area is 88.1 Å². The number of likely N-dealkylation sites (tertiary alicyclic amines) is 1. The van der Waals surface area contributed by atoms with Crippen LogP contribution in [0.3, 0.4) is 0 Å². The molecule has 0 unspecified atom stereocenters. The maximum absolute atomic E-state index is 3.48. The van der Waals surface area contributed by atoms with Crippen LogP contribution >= 0.6 is 0 Å². The molecule has 14 heavy (non-hydrogen) atoms. The Kier molecular flexibility index (Phi) is 3.13. The van der Waals surface area contributed by atoms with Gasteiger partial charge in [-0.25, -0.2) is 0 Å². The van der Waals surface area contributed by atoms with Crippen molar-refractivity contribution in [2.75, 3.05) is 26.2 Å². The topological polar surface area (TPSA) is 15.3 Å². The summed E-state index contributed by atoms with van der Waals surface area (Å²) in [5, 5.41) is 3.48. The molecule has 0 aliphatic carbocycles. The first-order chi connectivity index (χ1) is 6.72. The van der Waals surface area contributed by atoms with Gasteiger partial charge >= 0.3 is 0 Å². The van der Waals surface area contributed by atoms with E-state index in [0.29, 0.717) is 0 Å². The molecule has 0 saturated carbocycles. The van der Waals surface area contributed by atoms with Crippen LogP contribution in [0.25, 0.3) is 0 Å². The first-order valence-corrected chi connectivity index (χ1v) is 6.17. The Bertz CT molecular complexity index is 173. The summed E-state index contributed by atoms with van der Waals surface area (Å²) in [4.78, 5) is 2.63. The number of nitrogens with zero attached hydrogens (tertiary/aromatic N) is 1. The second-order valence-corrected chi connectivity index (χ2v) is 5.38. The van der Waals surface area contributed by atoms with Crippen molar-refractivity contribution in [2.24, 2.45) is 5.41 Å². The zero-order valence-corrected chi connectivity index (χ0v) is 9.68. The molecular weight excluding hydrogens is 172 g/mol. The van der Waals surface area contributed by atoms with Crippen molar-refractivity contribution < 1.29 is 0 Å². The normalized spacial score (nSPS) is 28.5. The minimum absolute atomic E-state index is 0.719. The molecule has 2 saturated heterocycles. The number of nitrogens with one attached hydrogen (secondary N) is 1. The molecular formula is C12H24N2. The third-order valence-electron chi connectivity index (χ3n) is 4.25. The summed E-state index contributed by atoms with van der Waals surface area (Å²) >= 11 is 0. The first-order valence-electron chi connectivity index (χ1n) is 6.17. The number of hydrogen-bond acceptors (Lipinski definition) is 2. The smallest absolute Gasteiger partial charge is 0.00385 e. The molecule has 2 nitrogen and oxygen atoms in total. The fourth-order valence-corrected chi connectivity index (χ4v) is 2.97. The number of piperidine rings is 2. The zero-order valence-electron chi connectivity index (χ0n) is 9.68. The fraction of sp³-hybridized carbons (Fsp3) is 1.00. The van der Waals surface area contributed by atoms with E-state index >= 15 is 0 Å². The van der Waals surface area contributed by atoms with Gasteiger partial charge in [-0.05, 0) is 71.1 Å². The van der Waals surface area contributed by atoms with Crippen molar-refractivity contribution in [1.29, 1.82) is 0 Å². The van der Waals surface area contributed by atoms with Crippen molar-refractivity contribution in [3.05, 3.63) is 0 Å². The van der Waals surface area contributed by atoms with Crippen molar-refractivity contribution in [2.45, 2.75) is 45.6 Å². The molecule has 82 valence electrons. The van der Waals surface area contributed by atoms with Crippen LogP contribution in [-0.4, -0.2) is 37.1 Å². The van der Waals surface area contributed by atoms with Gasteiger partial charge in [0.15, 0.2) is 0 Å². The van der Waals surface area contributed by atoms with Crippen molar-refractivity contribution in [3.8, 4) is 0 Å². The van der Waals surface area contributed by atoms with E-state index in [1.165, 1.54) is 51.9 Å². The molecule has 0 bridgehead atoms. The van der Waals surface area contributed by atoms with Crippen molar-refractivity contribution in [3.63, 3.8) is 0 Å². The maximum Gasteiger partial charge on any atom is 0.00385 e. The monoisotopic (exact) mass is 196 g/mol. The SMILES string of the molecule is CC(C)N1CCC2(CCNCC2)CC1. The Hall–Kier alpha value is -0.0800. The van der Waals surface area contributed by atoms with Gasteiger partial charge in [-0.3, -0.25) is 0 Å². The van der Waals surface area contributed by atoms with Crippen molar-refractivity contribution >= 4 is 0 Å². The molecule has 1 N–H and O–H groups in total. The highest BCUT2D eigenvalue weighted by Gasteiger charge is 2.35. The van der Waals surface area contributed by atoms with Gasteiger partial charge in [0, 0.05) is 6.04 Å². The van der Waals surface area contributed by atoms with Gasteiger partial charge in [-0.1, -0.05) is 0 Å². The fourth-order valence-electron chi connectivity index (χ4n) is 2.97. The van der Waals surface area contributed by atoms with Crippen LogP contribution in [-0.2, 0) is 0 Å². The molecule has 2 heterocycles. The summed E-state index contributed by atoms with van der Waals surface area (Å²) in [5.74, 6) is 0. The standard InChI is InChI=1S/C12H24N2/c1-11(2)14-9-5-12(6-10-14)3-7-13-8-4-12/h11,13H,3-10H2,1-2H3. The highest BCUT2D eigenvalue weighted by atomic mass is 15.2. The van der Waals surface area contributed by atoms with E-state index in [9.17, 15) is 0 Å². The van der Waals surface area contributed by atoms with E-state index < -0.39 is 0 Å². The molecule has 2 rings (SSSR count). The van der Waals surface area contributed by atoms with E-state index in [2.05, 4.69) is 24.1 Å². The highest BCUT2D eigenvalue weighted by molar-refractivity contribution is 4.90. The van der Waals surface area contributed by atoms with Crippen LogP contribution in [0.1, 0.15) is 39.5 Å². The molecule has 0 amide bonds. The molecule has 1 spiro atoms. The van der Waals surface area contributed by atoms with Gasteiger partial charge in [-0.15, -0.1) is 0 Å². The lowest BCUT2D eigenvalue weighted by Crippen LogP contribution is -2.47. The summed E-state index contributed by atoms with van der Waals surface area (Å²) in [7, 11) is 0. The number of hydrogen-bond donors (Lipinski definition) is 1. The van der Waals surface area contributed by atoms with Gasteiger partial charge in [0.1, 0.15) is 0 Å². The average Bonchev–Trinajstić information content (AvgIpc) is 2.19. The van der Waals surface area contributed by atoms with Crippen LogP contribution < -0.4 is 5.32 Å².